The highest BCUT2D eigenvalue weighted by Crippen LogP contribution is 2.21. The lowest BCUT2D eigenvalue weighted by atomic mass is 10.1. The van der Waals surface area contributed by atoms with Gasteiger partial charge < -0.3 is 10.2 Å². The minimum absolute atomic E-state index is 0.0496. The average molecular weight is 443 g/mol. The number of nitrogens with one attached hydrogen (secondary N) is 1. The fourth-order valence-electron chi connectivity index (χ4n) is 2.35. The molecule has 0 aliphatic carbocycles. The molecule has 6 nitrogen and oxygen atoms in total. The topological polar surface area (TPSA) is 78.8 Å². The first-order valence-corrected chi connectivity index (χ1v) is 9.60. The van der Waals surface area contributed by atoms with E-state index in [9.17, 15) is 13.2 Å². The van der Waals surface area contributed by atoms with Crippen LogP contribution < -0.4 is 5.32 Å². The van der Waals surface area contributed by atoms with Gasteiger partial charge >= 0.3 is 0 Å². The molecule has 0 fully saturated rings. The molecule has 0 saturated carbocycles. The van der Waals surface area contributed by atoms with Crippen molar-refractivity contribution < 1.29 is 13.2 Å². The minimum atomic E-state index is -3.52. The zero-order chi connectivity index (χ0) is 16.6. The van der Waals surface area contributed by atoms with Gasteiger partial charge in [-0.25, -0.2) is 8.42 Å². The van der Waals surface area contributed by atoms with Gasteiger partial charge in [0, 0.05) is 22.0 Å². The second kappa shape index (κ2) is 6.08. The summed E-state index contributed by atoms with van der Waals surface area (Å²) in [5.41, 5.74) is 1.87. The van der Waals surface area contributed by atoms with Crippen LogP contribution in [0.15, 0.2) is 46.5 Å². The quantitative estimate of drug-likeness (QED) is 0.710. The molecule has 8 heteroatoms. The molecule has 1 aromatic rings. The van der Waals surface area contributed by atoms with E-state index in [-0.39, 0.29) is 23.1 Å². The van der Waals surface area contributed by atoms with Crippen LogP contribution in [0.1, 0.15) is 5.56 Å². The molecule has 0 radical (unpaired) electrons. The Labute approximate surface area is 148 Å². The maximum absolute atomic E-state index is 12.6. The first-order valence-electron chi connectivity index (χ1n) is 6.91. The summed E-state index contributed by atoms with van der Waals surface area (Å²) < 4.78 is 28.3. The Morgan fingerprint density at radius 2 is 2.17 bits per heavy atom. The summed E-state index contributed by atoms with van der Waals surface area (Å²) in [5, 5.41) is 2.82. The van der Waals surface area contributed by atoms with E-state index in [1.165, 1.54) is 0 Å². The summed E-state index contributed by atoms with van der Waals surface area (Å²) in [6, 6.07) is 5.68. The third kappa shape index (κ3) is 3.47. The maximum Gasteiger partial charge on any atom is 0.259 e. The Hall–Kier alpha value is -1.68. The van der Waals surface area contributed by atoms with Crippen LogP contribution in [0.5, 0.6) is 0 Å². The van der Waals surface area contributed by atoms with Gasteiger partial charge in [-0.3, -0.25) is 4.79 Å². The van der Waals surface area contributed by atoms with Crippen LogP contribution in [0.4, 0.5) is 5.69 Å². The van der Waals surface area contributed by atoms with E-state index < -0.39 is 10.0 Å². The molecular weight excluding hydrogens is 429 g/mol. The van der Waals surface area contributed by atoms with Crippen molar-refractivity contribution >= 4 is 50.0 Å². The molecule has 1 aromatic carbocycles. The highest BCUT2D eigenvalue weighted by atomic mass is 127. The minimum Gasteiger partial charge on any atom is -0.331 e. The molecule has 23 heavy (non-hydrogen) atoms. The monoisotopic (exact) mass is 443 g/mol. The van der Waals surface area contributed by atoms with Crippen LogP contribution in [-0.2, 0) is 14.8 Å². The van der Waals surface area contributed by atoms with Crippen LogP contribution in [-0.4, -0.2) is 37.4 Å². The smallest absolute Gasteiger partial charge is 0.259 e. The van der Waals surface area contributed by atoms with E-state index in [2.05, 4.69) is 32.3 Å². The van der Waals surface area contributed by atoms with Gasteiger partial charge in [-0.15, -0.1) is 4.40 Å². The van der Waals surface area contributed by atoms with Gasteiger partial charge in [0.05, 0.1) is 11.3 Å². The molecule has 0 spiro atoms. The Morgan fingerprint density at radius 3 is 2.91 bits per heavy atom. The molecule has 120 valence electrons. The lowest BCUT2D eigenvalue weighted by Crippen LogP contribution is -2.40. The molecule has 2 aliphatic rings. The zero-order valence-electron chi connectivity index (χ0n) is 12.3. The van der Waals surface area contributed by atoms with Gasteiger partial charge in [0.15, 0.2) is 5.84 Å². The normalized spacial score (nSPS) is 18.8. The molecule has 3 rings (SSSR count). The Morgan fingerprint density at radius 1 is 1.39 bits per heavy atom. The largest absolute Gasteiger partial charge is 0.331 e. The molecule has 0 saturated heterocycles. The Bertz CT molecular complexity index is 872. The zero-order valence-corrected chi connectivity index (χ0v) is 15.3. The van der Waals surface area contributed by atoms with Crippen LogP contribution in [0.3, 0.4) is 0 Å². The third-order valence-corrected chi connectivity index (χ3v) is 5.36. The van der Waals surface area contributed by atoms with Crippen molar-refractivity contribution in [3.63, 3.8) is 0 Å². The number of halogens is 1. The van der Waals surface area contributed by atoms with Crippen molar-refractivity contribution in [3.05, 3.63) is 51.3 Å². The van der Waals surface area contributed by atoms with E-state index in [0.29, 0.717) is 12.2 Å². The van der Waals surface area contributed by atoms with Crippen LogP contribution in [0.25, 0.3) is 0 Å². The molecule has 2 heterocycles. The van der Waals surface area contributed by atoms with Crippen LogP contribution in [0.2, 0.25) is 0 Å². The van der Waals surface area contributed by atoms with Crippen molar-refractivity contribution in [2.24, 2.45) is 4.40 Å². The highest BCUT2D eigenvalue weighted by Gasteiger charge is 2.30. The number of amides is 1. The van der Waals surface area contributed by atoms with E-state index in [4.69, 9.17) is 0 Å². The molecule has 0 aromatic heterocycles. The summed E-state index contributed by atoms with van der Waals surface area (Å²) in [4.78, 5) is 14.2. The molecule has 2 aliphatic heterocycles. The van der Waals surface area contributed by atoms with Gasteiger partial charge in [0.25, 0.3) is 15.9 Å². The molecule has 1 N–H and O–H groups in total. The molecule has 0 bridgehead atoms. The number of rotatable bonds is 2. The van der Waals surface area contributed by atoms with Gasteiger partial charge in [0.2, 0.25) is 0 Å². The first kappa shape index (κ1) is 16.2. The fourth-order valence-corrected chi connectivity index (χ4v) is 3.98. The van der Waals surface area contributed by atoms with Crippen LogP contribution >= 0.6 is 22.6 Å². The van der Waals surface area contributed by atoms with Crippen molar-refractivity contribution in [2.75, 3.05) is 17.6 Å². The number of aryl methyl sites for hydroxylation is 1. The lowest BCUT2D eigenvalue weighted by molar-refractivity contribution is -0.112. The van der Waals surface area contributed by atoms with Gasteiger partial charge in [-0.2, -0.15) is 0 Å². The number of sulfonamides is 1. The van der Waals surface area contributed by atoms with Gasteiger partial charge in [0.1, 0.15) is 0 Å². The van der Waals surface area contributed by atoms with Crippen molar-refractivity contribution in [2.45, 2.75) is 6.92 Å². The van der Waals surface area contributed by atoms with Crippen LogP contribution in [0, 0.1) is 10.5 Å². The summed E-state index contributed by atoms with van der Waals surface area (Å²) in [5.74, 6) is -0.245. The number of carbonyl (C=O) groups is 1. The van der Waals surface area contributed by atoms with Crippen molar-refractivity contribution in [1.82, 2.24) is 4.90 Å². The van der Waals surface area contributed by atoms with E-state index in [1.807, 2.05) is 25.1 Å². The SMILES string of the molecule is Cc1cc(I)ccc1NC(=O)C1=CC=CN2CCS(=O)(=O)N=C12. The number of benzene rings is 1. The number of hydrogen-bond acceptors (Lipinski definition) is 4. The molecule has 1 amide bonds. The predicted octanol–water partition coefficient (Wildman–Crippen LogP) is 2.04. The van der Waals surface area contributed by atoms with Crippen molar-refractivity contribution in [1.29, 1.82) is 0 Å². The lowest BCUT2D eigenvalue weighted by Gasteiger charge is -2.28. The van der Waals surface area contributed by atoms with Gasteiger partial charge in [-0.05, 0) is 65.4 Å². The number of hydrogen-bond donors (Lipinski definition) is 1. The van der Waals surface area contributed by atoms with E-state index in [0.717, 1.165) is 9.13 Å². The molecular formula is C15H14IN3O3S. The number of carbonyl (C=O) groups excluding carboxylic acids is 1. The van der Waals surface area contributed by atoms with Crippen molar-refractivity contribution in [3.8, 4) is 0 Å². The third-order valence-electron chi connectivity index (χ3n) is 3.54. The number of nitrogens with zero attached hydrogens (tertiary/aromatic N) is 2. The molecule has 0 atom stereocenters. The fraction of sp³-hybridized carbons (Fsp3) is 0.200. The summed E-state index contributed by atoms with van der Waals surface area (Å²) in [6.07, 6.45) is 5.01. The number of amidine groups is 1. The summed E-state index contributed by atoms with van der Waals surface area (Å²) in [7, 11) is -3.52. The highest BCUT2D eigenvalue weighted by molar-refractivity contribution is 14.1. The average Bonchev–Trinajstić information content (AvgIpc) is 2.48. The summed E-state index contributed by atoms with van der Waals surface area (Å²) in [6.45, 7) is 2.20. The maximum atomic E-state index is 12.6. The Kier molecular flexibility index (Phi) is 4.28. The first-order chi connectivity index (χ1) is 10.9. The second-order valence-electron chi connectivity index (χ2n) is 5.23. The Balaban J connectivity index is 1.91. The van der Waals surface area contributed by atoms with E-state index in [1.54, 1.807) is 23.3 Å². The predicted molar refractivity (Wildman–Crippen MR) is 97.7 cm³/mol. The molecule has 0 unspecified atom stereocenters. The summed E-state index contributed by atoms with van der Waals surface area (Å²) >= 11 is 2.20. The van der Waals surface area contributed by atoms with Gasteiger partial charge in [-0.1, -0.05) is 0 Å². The number of allylic oxidation sites excluding steroid dienone is 2. The van der Waals surface area contributed by atoms with E-state index >= 15 is 0 Å². The second-order valence-corrected chi connectivity index (χ2v) is 8.23. The number of anilines is 1. The number of fused-ring (bicyclic) bond motifs is 1. The standard InChI is InChI=1S/C15H14IN3O3S/c1-10-9-11(16)4-5-13(10)17-15(20)12-3-2-6-19-7-8-23(21,22)18-14(12)19/h2-6,9H,7-8H2,1H3,(H,17,20).